The summed E-state index contributed by atoms with van der Waals surface area (Å²) in [5.74, 6) is 0. The third-order valence-electron chi connectivity index (χ3n) is 2.08. The summed E-state index contributed by atoms with van der Waals surface area (Å²) in [7, 11) is -2.04. The molecule has 0 spiro atoms. The molecule has 2 aromatic rings. The Morgan fingerprint density at radius 1 is 1.06 bits per heavy atom. The molecule has 0 saturated carbocycles. The lowest BCUT2D eigenvalue weighted by Crippen LogP contribution is -2.03. The van der Waals surface area contributed by atoms with E-state index in [1.165, 1.54) is 6.20 Å². The van der Waals surface area contributed by atoms with Crippen molar-refractivity contribution in [3.8, 4) is 0 Å². The zero-order chi connectivity index (χ0) is 11.4. The highest BCUT2D eigenvalue weighted by Crippen LogP contribution is 2.25. The van der Waals surface area contributed by atoms with Gasteiger partial charge in [0.05, 0.1) is 5.56 Å². The highest BCUT2D eigenvalue weighted by molar-refractivity contribution is 7.71. The first kappa shape index (κ1) is 10.7. The average molecular weight is 230 g/mol. The van der Waals surface area contributed by atoms with E-state index < -0.39 is 7.80 Å². The number of nitrogens with zero attached hydrogens (tertiary/aromatic N) is 1. The van der Waals surface area contributed by atoms with Crippen LogP contribution in [0.15, 0.2) is 54.9 Å². The van der Waals surface area contributed by atoms with Crippen LogP contribution in [-0.4, -0.2) is 10.5 Å². The molecule has 1 atom stereocenters. The number of hydrogen-bond donors (Lipinski definition) is 0. The molecule has 2 rings (SSSR count). The second-order valence-electron chi connectivity index (χ2n) is 3.18. The Kier molecular flexibility index (Phi) is 3.18. The monoisotopic (exact) mass is 230 g/mol. The molecule has 4 heteroatoms. The Bertz CT molecular complexity index is 462. The summed E-state index contributed by atoms with van der Waals surface area (Å²) in [6.45, 7) is 0. The zero-order valence-electron chi connectivity index (χ0n) is 8.41. The van der Waals surface area contributed by atoms with Gasteiger partial charge in [-0.3, -0.25) is 4.98 Å². The van der Waals surface area contributed by atoms with Crippen molar-refractivity contribution in [1.29, 1.82) is 0 Å². The Labute approximate surface area is 93.9 Å². The number of carbonyl (C=O) groups is 1. The van der Waals surface area contributed by atoms with E-state index in [2.05, 4.69) is 4.98 Å². The van der Waals surface area contributed by atoms with Crippen molar-refractivity contribution in [1.82, 2.24) is 4.98 Å². The van der Waals surface area contributed by atoms with E-state index in [1.807, 2.05) is 6.07 Å². The van der Waals surface area contributed by atoms with Gasteiger partial charge in [-0.05, 0) is 24.3 Å². The lowest BCUT2D eigenvalue weighted by Gasteiger charge is -1.89. The first-order valence-electron chi connectivity index (χ1n) is 4.76. The number of pyridine rings is 1. The van der Waals surface area contributed by atoms with Gasteiger partial charge < -0.3 is 0 Å². The van der Waals surface area contributed by atoms with Gasteiger partial charge in [-0.2, -0.15) is 0 Å². The maximum absolute atomic E-state index is 11.9. The first-order chi connectivity index (χ1) is 7.79. The first-order valence-corrected chi connectivity index (χ1v) is 6.01. The molecular formula is C12H9NO2P+. The third kappa shape index (κ3) is 2.20. The fourth-order valence-electron chi connectivity index (χ4n) is 1.29. The molecule has 0 aliphatic rings. The largest absolute Gasteiger partial charge is 0.458 e. The fraction of sp³-hybridized carbons (Fsp3) is 0. The van der Waals surface area contributed by atoms with Gasteiger partial charge in [-0.25, -0.2) is 4.79 Å². The number of aromatic nitrogens is 1. The van der Waals surface area contributed by atoms with Crippen LogP contribution in [0.5, 0.6) is 0 Å². The summed E-state index contributed by atoms with van der Waals surface area (Å²) in [4.78, 5) is 15.7. The van der Waals surface area contributed by atoms with Crippen molar-refractivity contribution in [3.63, 3.8) is 0 Å². The second kappa shape index (κ2) is 4.77. The molecule has 3 nitrogen and oxygen atoms in total. The van der Waals surface area contributed by atoms with Crippen LogP contribution in [0.4, 0.5) is 0 Å². The molecule has 0 radical (unpaired) electrons. The van der Waals surface area contributed by atoms with E-state index in [9.17, 15) is 9.36 Å². The predicted octanol–water partition coefficient (Wildman–Crippen LogP) is 2.37. The quantitative estimate of drug-likeness (QED) is 0.760. The summed E-state index contributed by atoms with van der Waals surface area (Å²) in [5.41, 5.74) is 0.00163. The SMILES string of the molecule is O=C(c1cccnc1)[P+](=O)c1ccccc1. The number of hydrogen-bond acceptors (Lipinski definition) is 3. The maximum Gasteiger partial charge on any atom is 0.458 e. The standard InChI is InChI=1S/C12H9NO2P/c14-12(10-5-4-8-13-9-10)16(15)11-6-2-1-3-7-11/h1-9H/q+1. The molecule has 0 amide bonds. The minimum atomic E-state index is -2.04. The van der Waals surface area contributed by atoms with Crippen molar-refractivity contribution >= 4 is 18.6 Å². The van der Waals surface area contributed by atoms with Crippen LogP contribution in [0, 0.1) is 0 Å². The molecule has 0 aliphatic heterocycles. The van der Waals surface area contributed by atoms with E-state index in [-0.39, 0.29) is 5.52 Å². The minimum absolute atomic E-state index is 0.380. The highest BCUT2D eigenvalue weighted by Gasteiger charge is 2.32. The second-order valence-corrected chi connectivity index (χ2v) is 4.69. The molecule has 1 aromatic carbocycles. The van der Waals surface area contributed by atoms with Gasteiger partial charge in [0.2, 0.25) is 0 Å². The number of carbonyl (C=O) groups excluding carboxylic acids is 1. The molecule has 0 bridgehead atoms. The smallest absolute Gasteiger partial charge is 0.264 e. The normalized spacial score (nSPS) is 10.9. The molecule has 1 unspecified atom stereocenters. The molecule has 1 heterocycles. The molecule has 0 aliphatic carbocycles. The fourth-order valence-corrected chi connectivity index (χ4v) is 2.33. The molecule has 0 fully saturated rings. The summed E-state index contributed by atoms with van der Waals surface area (Å²) in [5, 5.41) is 0.548. The Balaban J connectivity index is 2.28. The maximum atomic E-state index is 11.9. The van der Waals surface area contributed by atoms with Crippen LogP contribution in [0.1, 0.15) is 10.4 Å². The van der Waals surface area contributed by atoms with E-state index >= 15 is 0 Å². The third-order valence-corrected chi connectivity index (χ3v) is 3.48. The highest BCUT2D eigenvalue weighted by atomic mass is 31.1. The Morgan fingerprint density at radius 3 is 2.44 bits per heavy atom. The molecule has 78 valence electrons. The van der Waals surface area contributed by atoms with E-state index in [0.717, 1.165) is 0 Å². The van der Waals surface area contributed by atoms with Crippen LogP contribution in [0.2, 0.25) is 0 Å². The van der Waals surface area contributed by atoms with E-state index in [0.29, 0.717) is 10.9 Å². The zero-order valence-corrected chi connectivity index (χ0v) is 9.30. The van der Waals surface area contributed by atoms with Gasteiger partial charge in [0.25, 0.3) is 0 Å². The summed E-state index contributed by atoms with van der Waals surface area (Å²) in [6.07, 6.45) is 3.00. The summed E-state index contributed by atoms with van der Waals surface area (Å²) in [6, 6.07) is 12.0. The van der Waals surface area contributed by atoms with Gasteiger partial charge >= 0.3 is 13.3 Å². The van der Waals surface area contributed by atoms with Gasteiger partial charge in [0, 0.05) is 12.4 Å². The van der Waals surface area contributed by atoms with Crippen LogP contribution in [0.25, 0.3) is 0 Å². The van der Waals surface area contributed by atoms with Crippen molar-refractivity contribution < 1.29 is 9.36 Å². The van der Waals surface area contributed by atoms with Gasteiger partial charge in [-0.1, -0.05) is 22.8 Å². The van der Waals surface area contributed by atoms with Gasteiger partial charge in [-0.15, -0.1) is 0 Å². The molecule has 0 saturated heterocycles. The van der Waals surface area contributed by atoms with Crippen LogP contribution in [0.3, 0.4) is 0 Å². The van der Waals surface area contributed by atoms with Crippen LogP contribution < -0.4 is 5.30 Å². The lowest BCUT2D eigenvalue weighted by molar-refractivity contribution is 0.107. The molecule has 16 heavy (non-hydrogen) atoms. The lowest BCUT2D eigenvalue weighted by atomic mass is 10.3. The molecular weight excluding hydrogens is 221 g/mol. The van der Waals surface area contributed by atoms with Crippen LogP contribution >= 0.6 is 7.80 Å². The van der Waals surface area contributed by atoms with Crippen molar-refractivity contribution in [2.24, 2.45) is 0 Å². The molecule has 1 aromatic heterocycles. The Hall–Kier alpha value is -1.86. The molecule has 0 N–H and O–H groups in total. The number of rotatable bonds is 3. The van der Waals surface area contributed by atoms with Gasteiger partial charge in [0.15, 0.2) is 5.30 Å². The predicted molar refractivity (Wildman–Crippen MR) is 62.3 cm³/mol. The van der Waals surface area contributed by atoms with Crippen LogP contribution in [-0.2, 0) is 4.57 Å². The van der Waals surface area contributed by atoms with E-state index in [4.69, 9.17) is 0 Å². The summed E-state index contributed by atoms with van der Waals surface area (Å²) >= 11 is 0. The minimum Gasteiger partial charge on any atom is -0.264 e. The van der Waals surface area contributed by atoms with Crippen molar-refractivity contribution in [2.45, 2.75) is 0 Å². The topological polar surface area (TPSA) is 47.0 Å². The van der Waals surface area contributed by atoms with Gasteiger partial charge in [0.1, 0.15) is 0 Å². The van der Waals surface area contributed by atoms with Crippen molar-refractivity contribution in [2.75, 3.05) is 0 Å². The Morgan fingerprint density at radius 2 is 1.81 bits per heavy atom. The summed E-state index contributed by atoms with van der Waals surface area (Å²) < 4.78 is 11.9. The average Bonchev–Trinajstić information content (AvgIpc) is 2.39. The van der Waals surface area contributed by atoms with Crippen molar-refractivity contribution in [3.05, 3.63) is 60.4 Å². The number of benzene rings is 1. The van der Waals surface area contributed by atoms with E-state index in [1.54, 1.807) is 42.6 Å².